The fraction of sp³-hybridized carbons (Fsp3) is 0.273. The Hall–Kier alpha value is -2.83. The van der Waals surface area contributed by atoms with Crippen molar-refractivity contribution in [1.82, 2.24) is 19.6 Å². The number of hydrogen-bond acceptors (Lipinski definition) is 4. The van der Waals surface area contributed by atoms with Crippen LogP contribution in [-0.2, 0) is 6.54 Å². The minimum atomic E-state index is -0.0281. The van der Waals surface area contributed by atoms with Crippen LogP contribution in [0.25, 0.3) is 5.69 Å². The van der Waals surface area contributed by atoms with Crippen molar-refractivity contribution in [2.45, 2.75) is 6.54 Å². The minimum Gasteiger partial charge on any atom is -0.496 e. The fourth-order valence-electron chi connectivity index (χ4n) is 3.55. The lowest BCUT2D eigenvalue weighted by Gasteiger charge is -2.34. The van der Waals surface area contributed by atoms with Crippen LogP contribution < -0.4 is 4.74 Å². The number of aromatic nitrogens is 2. The highest BCUT2D eigenvalue weighted by molar-refractivity contribution is 6.30. The maximum absolute atomic E-state index is 12.8. The van der Waals surface area contributed by atoms with Crippen LogP contribution in [0.2, 0.25) is 5.02 Å². The Morgan fingerprint density at radius 1 is 1.07 bits per heavy atom. The molecule has 150 valence electrons. The van der Waals surface area contributed by atoms with Gasteiger partial charge in [-0.1, -0.05) is 29.8 Å². The quantitative estimate of drug-likeness (QED) is 0.646. The number of para-hydroxylation sites is 1. The number of benzene rings is 2. The predicted octanol–water partition coefficient (Wildman–Crippen LogP) is 3.49. The van der Waals surface area contributed by atoms with E-state index < -0.39 is 0 Å². The third kappa shape index (κ3) is 4.44. The molecule has 7 heteroatoms. The van der Waals surface area contributed by atoms with Gasteiger partial charge in [0.15, 0.2) is 5.69 Å². The van der Waals surface area contributed by atoms with Crippen molar-refractivity contribution < 1.29 is 9.53 Å². The van der Waals surface area contributed by atoms with E-state index in [1.165, 1.54) is 0 Å². The van der Waals surface area contributed by atoms with Crippen LogP contribution in [-0.4, -0.2) is 58.8 Å². The number of amides is 1. The summed E-state index contributed by atoms with van der Waals surface area (Å²) in [6, 6.07) is 17.2. The van der Waals surface area contributed by atoms with Gasteiger partial charge < -0.3 is 9.64 Å². The smallest absolute Gasteiger partial charge is 0.274 e. The summed E-state index contributed by atoms with van der Waals surface area (Å²) in [6.45, 7) is 3.66. The summed E-state index contributed by atoms with van der Waals surface area (Å²) in [4.78, 5) is 17.0. The summed E-state index contributed by atoms with van der Waals surface area (Å²) in [5, 5.41) is 5.15. The van der Waals surface area contributed by atoms with E-state index in [0.717, 1.165) is 36.6 Å². The maximum Gasteiger partial charge on any atom is 0.274 e. The second-order valence-electron chi connectivity index (χ2n) is 7.01. The van der Waals surface area contributed by atoms with Crippen LogP contribution in [0.1, 0.15) is 16.1 Å². The Balaban J connectivity index is 1.37. The van der Waals surface area contributed by atoms with Gasteiger partial charge in [0, 0.05) is 49.5 Å². The lowest BCUT2D eigenvalue weighted by Crippen LogP contribution is -2.48. The van der Waals surface area contributed by atoms with Crippen molar-refractivity contribution >= 4 is 17.5 Å². The van der Waals surface area contributed by atoms with Gasteiger partial charge in [-0.2, -0.15) is 5.10 Å². The number of halogens is 1. The number of ether oxygens (including phenoxy) is 1. The molecule has 4 rings (SSSR count). The van der Waals surface area contributed by atoms with E-state index in [9.17, 15) is 4.79 Å². The molecule has 1 saturated heterocycles. The van der Waals surface area contributed by atoms with Crippen LogP contribution in [0.5, 0.6) is 5.75 Å². The minimum absolute atomic E-state index is 0.0281. The highest BCUT2D eigenvalue weighted by atomic mass is 35.5. The number of piperazine rings is 1. The Morgan fingerprint density at radius 3 is 2.55 bits per heavy atom. The maximum atomic E-state index is 12.8. The van der Waals surface area contributed by atoms with Crippen molar-refractivity contribution in [3.8, 4) is 11.4 Å². The number of carbonyl (C=O) groups is 1. The van der Waals surface area contributed by atoms with Gasteiger partial charge >= 0.3 is 0 Å². The highest BCUT2D eigenvalue weighted by Crippen LogP contribution is 2.24. The van der Waals surface area contributed by atoms with Gasteiger partial charge in [0.05, 0.1) is 12.8 Å². The average Bonchev–Trinajstić information content (AvgIpc) is 3.25. The topological polar surface area (TPSA) is 50.6 Å². The number of nitrogens with zero attached hydrogens (tertiary/aromatic N) is 4. The normalized spacial score (nSPS) is 14.8. The molecule has 0 radical (unpaired) electrons. The summed E-state index contributed by atoms with van der Waals surface area (Å²) in [5.41, 5.74) is 2.46. The van der Waals surface area contributed by atoms with Gasteiger partial charge in [-0.15, -0.1) is 0 Å². The molecule has 1 amide bonds. The van der Waals surface area contributed by atoms with Gasteiger partial charge in [0.25, 0.3) is 5.91 Å². The largest absolute Gasteiger partial charge is 0.496 e. The Bertz CT molecular complexity index is 981. The van der Waals surface area contributed by atoms with Gasteiger partial charge in [-0.3, -0.25) is 9.69 Å². The zero-order chi connectivity index (χ0) is 20.2. The number of hydrogen-bond donors (Lipinski definition) is 0. The van der Waals surface area contributed by atoms with Crippen molar-refractivity contribution in [3.63, 3.8) is 0 Å². The molecule has 0 saturated carbocycles. The molecule has 0 spiro atoms. The summed E-state index contributed by atoms with van der Waals surface area (Å²) < 4.78 is 7.17. The number of rotatable bonds is 5. The predicted molar refractivity (Wildman–Crippen MR) is 113 cm³/mol. The first-order valence-electron chi connectivity index (χ1n) is 9.59. The van der Waals surface area contributed by atoms with E-state index in [2.05, 4.69) is 10.00 Å². The van der Waals surface area contributed by atoms with E-state index in [1.54, 1.807) is 17.9 Å². The summed E-state index contributed by atoms with van der Waals surface area (Å²) in [6.07, 6.45) is 1.82. The molecule has 0 N–H and O–H groups in total. The molecule has 1 aromatic heterocycles. The summed E-state index contributed by atoms with van der Waals surface area (Å²) >= 11 is 6.13. The molecule has 0 bridgehead atoms. The Morgan fingerprint density at radius 2 is 1.83 bits per heavy atom. The van der Waals surface area contributed by atoms with E-state index in [4.69, 9.17) is 16.3 Å². The van der Waals surface area contributed by atoms with Crippen molar-refractivity contribution in [2.24, 2.45) is 0 Å². The van der Waals surface area contributed by atoms with Crippen molar-refractivity contribution in [3.05, 3.63) is 77.1 Å². The van der Waals surface area contributed by atoms with Gasteiger partial charge in [0.1, 0.15) is 5.75 Å². The molecule has 1 fully saturated rings. The third-order valence-corrected chi connectivity index (χ3v) is 5.36. The van der Waals surface area contributed by atoms with E-state index in [1.807, 2.05) is 59.6 Å². The first kappa shape index (κ1) is 19.5. The van der Waals surface area contributed by atoms with Crippen LogP contribution in [0, 0.1) is 0 Å². The molecule has 2 aromatic carbocycles. The molecular formula is C22H23ClN4O2. The SMILES string of the molecule is COc1ccc(Cl)cc1CN1CCN(C(=O)c2ccn(-c3ccccc3)n2)CC1. The standard InChI is InChI=1S/C22H23ClN4O2/c1-29-21-8-7-18(23)15-17(21)16-25-11-13-26(14-12-25)22(28)20-9-10-27(24-20)19-5-3-2-4-6-19/h2-10,15H,11-14,16H2,1H3. The summed E-state index contributed by atoms with van der Waals surface area (Å²) in [5.74, 6) is 0.805. The number of carbonyl (C=O) groups excluding carboxylic acids is 1. The molecule has 3 aromatic rings. The molecular weight excluding hydrogens is 388 g/mol. The molecule has 6 nitrogen and oxygen atoms in total. The fourth-order valence-corrected chi connectivity index (χ4v) is 3.74. The second-order valence-corrected chi connectivity index (χ2v) is 7.44. The second kappa shape index (κ2) is 8.68. The van der Waals surface area contributed by atoms with Crippen molar-refractivity contribution in [1.29, 1.82) is 0 Å². The zero-order valence-corrected chi connectivity index (χ0v) is 17.0. The van der Waals surface area contributed by atoms with Crippen LogP contribution in [0.3, 0.4) is 0 Å². The van der Waals surface area contributed by atoms with Crippen molar-refractivity contribution in [2.75, 3.05) is 33.3 Å². The molecule has 0 atom stereocenters. The van der Waals surface area contributed by atoms with Gasteiger partial charge in [0.2, 0.25) is 0 Å². The van der Waals surface area contributed by atoms with Crippen LogP contribution >= 0.6 is 11.6 Å². The lowest BCUT2D eigenvalue weighted by atomic mass is 10.1. The van der Waals surface area contributed by atoms with E-state index in [-0.39, 0.29) is 5.91 Å². The first-order chi connectivity index (χ1) is 14.1. The lowest BCUT2D eigenvalue weighted by molar-refractivity contribution is 0.0621. The molecule has 0 aliphatic carbocycles. The zero-order valence-electron chi connectivity index (χ0n) is 16.3. The van der Waals surface area contributed by atoms with E-state index in [0.29, 0.717) is 23.8 Å². The third-order valence-electron chi connectivity index (χ3n) is 5.12. The molecule has 1 aliphatic heterocycles. The average molecular weight is 411 g/mol. The van der Waals surface area contributed by atoms with Crippen LogP contribution in [0.15, 0.2) is 60.8 Å². The Kier molecular flexibility index (Phi) is 5.83. The molecule has 1 aliphatic rings. The van der Waals surface area contributed by atoms with E-state index >= 15 is 0 Å². The number of methoxy groups -OCH3 is 1. The monoisotopic (exact) mass is 410 g/mol. The highest BCUT2D eigenvalue weighted by Gasteiger charge is 2.24. The molecule has 29 heavy (non-hydrogen) atoms. The molecule has 2 heterocycles. The summed E-state index contributed by atoms with van der Waals surface area (Å²) in [7, 11) is 1.66. The van der Waals surface area contributed by atoms with Gasteiger partial charge in [-0.05, 0) is 36.4 Å². The molecule has 0 unspecified atom stereocenters. The van der Waals surface area contributed by atoms with Crippen LogP contribution in [0.4, 0.5) is 0 Å². The van der Waals surface area contributed by atoms with Gasteiger partial charge in [-0.25, -0.2) is 4.68 Å². The Labute approximate surface area is 175 Å². The first-order valence-corrected chi connectivity index (χ1v) is 9.97.